The molecule has 0 bridgehead atoms. The molecular weight excluding hydrogens is 248 g/mol. The quantitative estimate of drug-likeness (QED) is 0.741. The second-order valence-electron chi connectivity index (χ2n) is 4.97. The van der Waals surface area contributed by atoms with Crippen molar-refractivity contribution in [3.63, 3.8) is 0 Å². The van der Waals surface area contributed by atoms with Crippen LogP contribution in [0.3, 0.4) is 0 Å². The van der Waals surface area contributed by atoms with Crippen LogP contribution in [0.2, 0.25) is 0 Å². The molecule has 3 aromatic rings. The van der Waals surface area contributed by atoms with Crippen molar-refractivity contribution in [2.45, 2.75) is 26.8 Å². The number of hydrogen-bond acceptors (Lipinski definition) is 3. The molecule has 2 aromatic heterocycles. The first kappa shape index (κ1) is 12.7. The zero-order chi connectivity index (χ0) is 14.1. The molecule has 2 heterocycles. The smallest absolute Gasteiger partial charge is 0.0838 e. The van der Waals surface area contributed by atoms with Gasteiger partial charge in [0.15, 0.2) is 0 Å². The van der Waals surface area contributed by atoms with Gasteiger partial charge in [0.05, 0.1) is 23.4 Å². The Morgan fingerprint density at radius 3 is 2.70 bits per heavy atom. The molecule has 0 radical (unpaired) electrons. The van der Waals surface area contributed by atoms with Crippen molar-refractivity contribution in [3.8, 4) is 0 Å². The lowest BCUT2D eigenvalue weighted by Gasteiger charge is -2.04. The minimum atomic E-state index is 0.668. The SMILES string of the molecule is CCc1nn(Cc2cccc(C)n2)c2cccc(N)c12. The van der Waals surface area contributed by atoms with E-state index in [4.69, 9.17) is 10.8 Å². The molecule has 0 saturated heterocycles. The van der Waals surface area contributed by atoms with Crippen LogP contribution in [0.15, 0.2) is 36.4 Å². The van der Waals surface area contributed by atoms with E-state index in [1.807, 2.05) is 41.9 Å². The molecule has 0 aliphatic heterocycles. The van der Waals surface area contributed by atoms with Crippen LogP contribution in [0.25, 0.3) is 10.9 Å². The summed E-state index contributed by atoms with van der Waals surface area (Å²) in [6.45, 7) is 4.77. The third kappa shape index (κ3) is 2.13. The zero-order valence-corrected chi connectivity index (χ0v) is 11.8. The molecule has 0 aliphatic rings. The predicted octanol–water partition coefficient (Wildman–Crippen LogP) is 2.93. The summed E-state index contributed by atoms with van der Waals surface area (Å²) >= 11 is 0. The number of aromatic nitrogens is 3. The first-order valence-electron chi connectivity index (χ1n) is 6.85. The number of nitrogen functional groups attached to an aromatic ring is 1. The van der Waals surface area contributed by atoms with Gasteiger partial charge in [-0.3, -0.25) is 9.67 Å². The van der Waals surface area contributed by atoms with Gasteiger partial charge in [0, 0.05) is 16.8 Å². The molecule has 0 fully saturated rings. The fraction of sp³-hybridized carbons (Fsp3) is 0.250. The molecule has 102 valence electrons. The summed E-state index contributed by atoms with van der Waals surface area (Å²) in [6.07, 6.45) is 0.874. The summed E-state index contributed by atoms with van der Waals surface area (Å²) in [5, 5.41) is 5.76. The van der Waals surface area contributed by atoms with Crippen molar-refractivity contribution < 1.29 is 0 Å². The average Bonchev–Trinajstić information content (AvgIpc) is 2.78. The Hall–Kier alpha value is -2.36. The minimum absolute atomic E-state index is 0.668. The molecule has 0 atom stereocenters. The van der Waals surface area contributed by atoms with E-state index in [1.165, 1.54) is 0 Å². The maximum Gasteiger partial charge on any atom is 0.0838 e. The summed E-state index contributed by atoms with van der Waals surface area (Å²) in [5.74, 6) is 0. The molecule has 3 rings (SSSR count). The second-order valence-corrected chi connectivity index (χ2v) is 4.97. The molecule has 0 spiro atoms. The second kappa shape index (κ2) is 4.96. The van der Waals surface area contributed by atoms with Crippen molar-refractivity contribution in [1.29, 1.82) is 0 Å². The Bertz CT molecular complexity index is 758. The molecule has 0 amide bonds. The van der Waals surface area contributed by atoms with Crippen molar-refractivity contribution in [3.05, 3.63) is 53.5 Å². The van der Waals surface area contributed by atoms with E-state index >= 15 is 0 Å². The summed E-state index contributed by atoms with van der Waals surface area (Å²) < 4.78 is 1.99. The van der Waals surface area contributed by atoms with E-state index in [2.05, 4.69) is 18.0 Å². The summed E-state index contributed by atoms with van der Waals surface area (Å²) in [7, 11) is 0. The first-order chi connectivity index (χ1) is 9.69. The number of benzene rings is 1. The highest BCUT2D eigenvalue weighted by Gasteiger charge is 2.12. The first-order valence-corrected chi connectivity index (χ1v) is 6.85. The van der Waals surface area contributed by atoms with Crippen molar-refractivity contribution in [2.24, 2.45) is 0 Å². The van der Waals surface area contributed by atoms with Gasteiger partial charge in [-0.15, -0.1) is 0 Å². The van der Waals surface area contributed by atoms with Gasteiger partial charge in [0.25, 0.3) is 0 Å². The molecule has 0 unspecified atom stereocenters. The molecule has 2 N–H and O–H groups in total. The third-order valence-electron chi connectivity index (χ3n) is 3.48. The molecule has 0 aliphatic carbocycles. The van der Waals surface area contributed by atoms with Gasteiger partial charge in [0.1, 0.15) is 0 Å². The van der Waals surface area contributed by atoms with E-state index in [-0.39, 0.29) is 0 Å². The molecule has 4 nitrogen and oxygen atoms in total. The van der Waals surface area contributed by atoms with Crippen LogP contribution in [-0.2, 0) is 13.0 Å². The van der Waals surface area contributed by atoms with Crippen molar-refractivity contribution in [2.75, 3.05) is 5.73 Å². The Morgan fingerprint density at radius 2 is 1.95 bits per heavy atom. The van der Waals surface area contributed by atoms with Gasteiger partial charge in [-0.05, 0) is 37.6 Å². The number of pyridine rings is 1. The lowest BCUT2D eigenvalue weighted by molar-refractivity contribution is 0.680. The molecule has 20 heavy (non-hydrogen) atoms. The number of nitrogens with two attached hydrogens (primary N) is 1. The van der Waals surface area contributed by atoms with E-state index in [1.54, 1.807) is 0 Å². The van der Waals surface area contributed by atoms with Gasteiger partial charge in [0.2, 0.25) is 0 Å². The van der Waals surface area contributed by atoms with Crippen LogP contribution in [0.4, 0.5) is 5.69 Å². The highest BCUT2D eigenvalue weighted by molar-refractivity contribution is 5.93. The Labute approximate surface area is 118 Å². The average molecular weight is 266 g/mol. The number of nitrogens with zero attached hydrogens (tertiary/aromatic N) is 3. The monoisotopic (exact) mass is 266 g/mol. The Kier molecular flexibility index (Phi) is 3.14. The van der Waals surface area contributed by atoms with E-state index < -0.39 is 0 Å². The Balaban J connectivity index is 2.10. The normalized spacial score (nSPS) is 11.1. The maximum absolute atomic E-state index is 6.09. The minimum Gasteiger partial charge on any atom is -0.398 e. The van der Waals surface area contributed by atoms with Crippen LogP contribution in [0, 0.1) is 6.92 Å². The molecular formula is C16H18N4. The molecule has 4 heteroatoms. The fourth-order valence-corrected chi connectivity index (χ4v) is 2.55. The lowest BCUT2D eigenvalue weighted by Crippen LogP contribution is -2.04. The summed E-state index contributed by atoms with van der Waals surface area (Å²) in [5.41, 5.74) is 11.0. The zero-order valence-electron chi connectivity index (χ0n) is 11.8. The third-order valence-corrected chi connectivity index (χ3v) is 3.48. The van der Waals surface area contributed by atoms with Crippen LogP contribution >= 0.6 is 0 Å². The number of hydrogen-bond donors (Lipinski definition) is 1. The van der Waals surface area contributed by atoms with Crippen LogP contribution in [0.1, 0.15) is 24.0 Å². The van der Waals surface area contributed by atoms with Crippen molar-refractivity contribution in [1.82, 2.24) is 14.8 Å². The maximum atomic E-state index is 6.09. The number of fused-ring (bicyclic) bond motifs is 1. The van der Waals surface area contributed by atoms with Gasteiger partial charge >= 0.3 is 0 Å². The molecule has 0 saturated carbocycles. The van der Waals surface area contributed by atoms with Gasteiger partial charge in [-0.25, -0.2) is 0 Å². The van der Waals surface area contributed by atoms with Gasteiger partial charge < -0.3 is 5.73 Å². The summed E-state index contributed by atoms with van der Waals surface area (Å²) in [4.78, 5) is 4.54. The van der Waals surface area contributed by atoms with E-state index in [0.717, 1.165) is 40.1 Å². The van der Waals surface area contributed by atoms with Crippen LogP contribution < -0.4 is 5.73 Å². The summed E-state index contributed by atoms with van der Waals surface area (Å²) in [6, 6.07) is 12.0. The van der Waals surface area contributed by atoms with E-state index in [9.17, 15) is 0 Å². The van der Waals surface area contributed by atoms with Gasteiger partial charge in [-0.2, -0.15) is 5.10 Å². The van der Waals surface area contributed by atoms with Crippen LogP contribution in [-0.4, -0.2) is 14.8 Å². The largest absolute Gasteiger partial charge is 0.398 e. The predicted molar refractivity (Wildman–Crippen MR) is 81.6 cm³/mol. The number of anilines is 1. The fourth-order valence-electron chi connectivity index (χ4n) is 2.55. The van der Waals surface area contributed by atoms with Gasteiger partial charge in [-0.1, -0.05) is 19.1 Å². The Morgan fingerprint density at radius 1 is 1.15 bits per heavy atom. The highest BCUT2D eigenvalue weighted by atomic mass is 15.3. The topological polar surface area (TPSA) is 56.7 Å². The highest BCUT2D eigenvalue weighted by Crippen LogP contribution is 2.25. The van der Waals surface area contributed by atoms with Crippen molar-refractivity contribution >= 4 is 16.6 Å². The molecule has 1 aromatic carbocycles. The number of rotatable bonds is 3. The number of aryl methyl sites for hydroxylation is 2. The van der Waals surface area contributed by atoms with Crippen LogP contribution in [0.5, 0.6) is 0 Å². The lowest BCUT2D eigenvalue weighted by atomic mass is 10.1. The van der Waals surface area contributed by atoms with E-state index in [0.29, 0.717) is 6.54 Å². The standard InChI is InChI=1S/C16H18N4/c1-3-14-16-13(17)8-5-9-15(16)20(19-14)10-12-7-4-6-11(2)18-12/h4-9H,3,10,17H2,1-2H3.